The van der Waals surface area contributed by atoms with Crippen LogP contribution in [-0.4, -0.2) is 37.1 Å². The summed E-state index contributed by atoms with van der Waals surface area (Å²) >= 11 is 6.32. The maximum absolute atomic E-state index is 13.1. The van der Waals surface area contributed by atoms with E-state index < -0.39 is 23.9 Å². The Morgan fingerprint density at radius 3 is 0.766 bits per heavy atom. The van der Waals surface area contributed by atoms with Gasteiger partial charge in [0.25, 0.3) is 0 Å². The fraction of sp³-hybridized carbons (Fsp3) is 0.485. The van der Waals surface area contributed by atoms with E-state index in [1.54, 1.807) is 48.5 Å². The van der Waals surface area contributed by atoms with E-state index in [0.717, 1.165) is 25.7 Å². The van der Waals surface area contributed by atoms with E-state index in [1.807, 2.05) is 0 Å². The number of rotatable bonds is 40. The Labute approximate surface area is 464 Å². The molecule has 10 nitrogen and oxygen atoms in total. The van der Waals surface area contributed by atoms with E-state index in [0.29, 0.717) is 36.2 Å². The van der Waals surface area contributed by atoms with Crippen molar-refractivity contribution in [2.45, 2.75) is 194 Å². The van der Waals surface area contributed by atoms with E-state index in [2.05, 4.69) is 13.8 Å². The first-order valence-corrected chi connectivity index (χ1v) is 29.4. The number of hydrogen-bond donors (Lipinski definition) is 0. The van der Waals surface area contributed by atoms with Crippen LogP contribution in [0.1, 0.15) is 235 Å². The van der Waals surface area contributed by atoms with Crippen molar-refractivity contribution in [1.82, 2.24) is 0 Å². The van der Waals surface area contributed by atoms with Gasteiger partial charge in [-0.05, 0) is 122 Å². The molecule has 0 aromatic heterocycles. The average Bonchev–Trinajstić information content (AvgIpc) is 3.43. The van der Waals surface area contributed by atoms with Crippen molar-refractivity contribution in [3.8, 4) is 34.5 Å². The quantitative estimate of drug-likeness (QED) is 0.0213. The minimum Gasteiger partial charge on any atom is -0.494 e. The van der Waals surface area contributed by atoms with Crippen molar-refractivity contribution >= 4 is 35.5 Å². The molecule has 0 radical (unpaired) electrons. The summed E-state index contributed by atoms with van der Waals surface area (Å²) in [6, 6.07) is 29.7. The average molecular weight is 1070 g/mol. The lowest BCUT2D eigenvalue weighted by molar-refractivity contribution is 0.0714. The molecule has 5 rings (SSSR count). The van der Waals surface area contributed by atoms with Gasteiger partial charge in [0.05, 0.1) is 35.5 Å². The third-order valence-electron chi connectivity index (χ3n) is 13.6. The second-order valence-electron chi connectivity index (χ2n) is 20.2. The standard InChI is InChI=1S/C66H85ClO10/c1-3-5-7-9-11-13-15-17-19-21-23-25-27-29-47-72-57-39-43-59(44-40-57)74-63(68)52-31-35-54(36-32-52)65(70)76-61-49-56(67)50-62(51-61)77-66(71)55-37-33-53(34-38-55)64(69)75-60-45-41-58(42-46-60)73-48-30-28-26-24-22-20-18-16-14-12-10-8-6-4-2/h31-46,49-51H,3-30,47-48H2,1-2H3. The summed E-state index contributed by atoms with van der Waals surface area (Å²) in [5, 5.41) is 0.156. The molecule has 0 saturated heterocycles. The summed E-state index contributed by atoms with van der Waals surface area (Å²) in [6.45, 7) is 5.81. The van der Waals surface area contributed by atoms with Gasteiger partial charge in [0, 0.05) is 11.1 Å². The van der Waals surface area contributed by atoms with Gasteiger partial charge in [0.15, 0.2) is 0 Å². The minimum absolute atomic E-state index is 0.0310. The first-order valence-electron chi connectivity index (χ1n) is 29.1. The van der Waals surface area contributed by atoms with Gasteiger partial charge in [-0.25, -0.2) is 19.2 Å². The summed E-state index contributed by atoms with van der Waals surface area (Å²) in [7, 11) is 0. The Kier molecular flexibility index (Phi) is 30.1. The van der Waals surface area contributed by atoms with Crippen molar-refractivity contribution in [3.05, 3.63) is 143 Å². The monoisotopic (exact) mass is 1070 g/mol. The molecule has 0 atom stereocenters. The van der Waals surface area contributed by atoms with Crippen LogP contribution in [0.4, 0.5) is 0 Å². The van der Waals surface area contributed by atoms with Crippen LogP contribution in [0, 0.1) is 0 Å². The number of benzene rings is 5. The molecule has 0 heterocycles. The zero-order chi connectivity index (χ0) is 54.6. The van der Waals surface area contributed by atoms with E-state index in [1.165, 1.54) is 221 Å². The van der Waals surface area contributed by atoms with Gasteiger partial charge < -0.3 is 28.4 Å². The van der Waals surface area contributed by atoms with Crippen LogP contribution in [0.25, 0.3) is 0 Å². The van der Waals surface area contributed by atoms with Crippen LogP contribution < -0.4 is 28.4 Å². The number of unbranched alkanes of at least 4 members (excludes halogenated alkanes) is 26. The molecule has 0 aliphatic carbocycles. The molecule has 0 amide bonds. The summed E-state index contributed by atoms with van der Waals surface area (Å²) in [5.41, 5.74) is 0.802. The fourth-order valence-electron chi connectivity index (χ4n) is 8.98. The molecule has 5 aromatic rings. The maximum Gasteiger partial charge on any atom is 0.343 e. The normalized spacial score (nSPS) is 11.0. The Morgan fingerprint density at radius 2 is 0.506 bits per heavy atom. The molecule has 0 bridgehead atoms. The van der Waals surface area contributed by atoms with Crippen molar-refractivity contribution in [3.63, 3.8) is 0 Å². The first kappa shape index (κ1) is 61.7. The third-order valence-corrected chi connectivity index (χ3v) is 13.8. The zero-order valence-corrected chi connectivity index (χ0v) is 46.9. The molecule has 0 saturated carbocycles. The number of carbonyl (C=O) groups excluding carboxylic acids is 4. The topological polar surface area (TPSA) is 124 Å². The van der Waals surface area contributed by atoms with Crippen molar-refractivity contribution in [1.29, 1.82) is 0 Å². The van der Waals surface area contributed by atoms with Crippen LogP contribution >= 0.6 is 11.6 Å². The van der Waals surface area contributed by atoms with Crippen molar-refractivity contribution < 1.29 is 47.6 Å². The second-order valence-corrected chi connectivity index (χ2v) is 20.6. The molecule has 77 heavy (non-hydrogen) atoms. The van der Waals surface area contributed by atoms with Crippen LogP contribution in [0.15, 0.2) is 115 Å². The summed E-state index contributed by atoms with van der Waals surface area (Å²) in [4.78, 5) is 52.1. The fourth-order valence-corrected chi connectivity index (χ4v) is 9.20. The molecule has 0 spiro atoms. The number of hydrogen-bond acceptors (Lipinski definition) is 10. The lowest BCUT2D eigenvalue weighted by Gasteiger charge is -2.10. The summed E-state index contributed by atoms with van der Waals surface area (Å²) in [5.74, 6) is -0.406. The third kappa shape index (κ3) is 25.7. The number of esters is 4. The molecule has 0 unspecified atom stereocenters. The van der Waals surface area contributed by atoms with Gasteiger partial charge in [0.1, 0.15) is 34.5 Å². The molecular formula is C66H85ClO10. The molecule has 0 fully saturated rings. The summed E-state index contributed by atoms with van der Waals surface area (Å²) < 4.78 is 34.0. The number of carbonyl (C=O) groups is 4. The smallest absolute Gasteiger partial charge is 0.343 e. The predicted molar refractivity (Wildman–Crippen MR) is 309 cm³/mol. The van der Waals surface area contributed by atoms with Crippen LogP contribution in [-0.2, 0) is 0 Å². The largest absolute Gasteiger partial charge is 0.494 e. The Hall–Kier alpha value is -6.13. The van der Waals surface area contributed by atoms with Gasteiger partial charge in [-0.1, -0.05) is 192 Å². The molecule has 0 aliphatic heterocycles. The number of ether oxygens (including phenoxy) is 6. The lowest BCUT2D eigenvalue weighted by Crippen LogP contribution is -2.12. The highest BCUT2D eigenvalue weighted by molar-refractivity contribution is 6.30. The molecular weight excluding hydrogens is 988 g/mol. The van der Waals surface area contributed by atoms with Gasteiger partial charge in [-0.3, -0.25) is 0 Å². The Balaban J connectivity index is 0.941. The van der Waals surface area contributed by atoms with Crippen LogP contribution in [0.5, 0.6) is 34.5 Å². The maximum atomic E-state index is 13.1. The van der Waals surface area contributed by atoms with E-state index in [4.69, 9.17) is 40.0 Å². The van der Waals surface area contributed by atoms with Gasteiger partial charge in [-0.2, -0.15) is 0 Å². The second kappa shape index (κ2) is 37.6. The van der Waals surface area contributed by atoms with Gasteiger partial charge in [-0.15, -0.1) is 0 Å². The first-order chi connectivity index (χ1) is 37.7. The Morgan fingerprint density at radius 1 is 0.286 bits per heavy atom. The highest BCUT2D eigenvalue weighted by atomic mass is 35.5. The minimum atomic E-state index is -0.726. The van der Waals surface area contributed by atoms with E-state index in [-0.39, 0.29) is 38.8 Å². The SMILES string of the molecule is CCCCCCCCCCCCCCCCOc1ccc(OC(=O)c2ccc(C(=O)Oc3cc(Cl)cc(OC(=O)c4ccc(C(=O)Oc5ccc(OCCCCCCCCCCCCCCCC)cc5)cc4)c3)cc2)cc1. The van der Waals surface area contributed by atoms with E-state index in [9.17, 15) is 19.2 Å². The molecule has 416 valence electrons. The van der Waals surface area contributed by atoms with Crippen molar-refractivity contribution in [2.24, 2.45) is 0 Å². The zero-order valence-electron chi connectivity index (χ0n) is 46.1. The molecule has 0 N–H and O–H groups in total. The highest BCUT2D eigenvalue weighted by Crippen LogP contribution is 2.29. The molecule has 0 aliphatic rings. The predicted octanol–water partition coefficient (Wildman–Crippen LogP) is 18.9. The lowest BCUT2D eigenvalue weighted by atomic mass is 10.0. The van der Waals surface area contributed by atoms with Gasteiger partial charge >= 0.3 is 23.9 Å². The van der Waals surface area contributed by atoms with Gasteiger partial charge in [0.2, 0.25) is 0 Å². The van der Waals surface area contributed by atoms with Crippen molar-refractivity contribution in [2.75, 3.05) is 13.2 Å². The summed E-state index contributed by atoms with van der Waals surface area (Å²) in [6.07, 6.45) is 36.6. The molecule has 5 aromatic carbocycles. The Bertz CT molecular complexity index is 2270. The number of halogens is 1. The molecule has 11 heteroatoms. The van der Waals surface area contributed by atoms with Crippen LogP contribution in [0.2, 0.25) is 5.02 Å². The van der Waals surface area contributed by atoms with E-state index >= 15 is 0 Å². The van der Waals surface area contributed by atoms with Crippen LogP contribution in [0.3, 0.4) is 0 Å². The highest BCUT2D eigenvalue weighted by Gasteiger charge is 2.17.